The molecule has 0 bridgehead atoms. The van der Waals surface area contributed by atoms with E-state index in [1.165, 1.54) is 42.5 Å². The summed E-state index contributed by atoms with van der Waals surface area (Å²) >= 11 is 0. The molecule has 1 saturated heterocycles. The highest BCUT2D eigenvalue weighted by molar-refractivity contribution is 5.41. The Labute approximate surface area is 111 Å². The van der Waals surface area contributed by atoms with Crippen molar-refractivity contribution in [2.45, 2.75) is 52.6 Å². The number of aryl methyl sites for hydroxylation is 2. The molecule has 0 aromatic heterocycles. The van der Waals surface area contributed by atoms with Gasteiger partial charge in [-0.15, -0.1) is 0 Å². The second-order valence-corrected chi connectivity index (χ2v) is 5.56. The molecule has 1 aliphatic rings. The van der Waals surface area contributed by atoms with Crippen molar-refractivity contribution in [1.82, 2.24) is 4.90 Å². The van der Waals surface area contributed by atoms with Crippen LogP contribution in [0.15, 0.2) is 12.1 Å². The van der Waals surface area contributed by atoms with Gasteiger partial charge in [0.05, 0.1) is 7.11 Å². The van der Waals surface area contributed by atoms with Crippen LogP contribution in [0.5, 0.6) is 5.75 Å². The first-order valence-corrected chi connectivity index (χ1v) is 7.00. The fourth-order valence-electron chi connectivity index (χ4n) is 2.85. The van der Waals surface area contributed by atoms with E-state index < -0.39 is 0 Å². The molecule has 2 rings (SSSR count). The minimum atomic E-state index is 0.723. The van der Waals surface area contributed by atoms with Gasteiger partial charge in [0.15, 0.2) is 0 Å². The summed E-state index contributed by atoms with van der Waals surface area (Å²) in [5, 5.41) is 0. The molecule has 0 N–H and O–H groups in total. The lowest BCUT2D eigenvalue weighted by molar-refractivity contribution is 0.152. The van der Waals surface area contributed by atoms with Crippen LogP contribution in [0, 0.1) is 13.8 Å². The van der Waals surface area contributed by atoms with Crippen molar-refractivity contribution < 1.29 is 4.74 Å². The average Bonchev–Trinajstić information content (AvgIpc) is 2.36. The van der Waals surface area contributed by atoms with Crippen molar-refractivity contribution >= 4 is 0 Å². The summed E-state index contributed by atoms with van der Waals surface area (Å²) in [7, 11) is 1.74. The molecule has 18 heavy (non-hydrogen) atoms. The van der Waals surface area contributed by atoms with Crippen molar-refractivity contribution in [2.75, 3.05) is 13.7 Å². The number of rotatable bonds is 3. The molecular formula is C16H25NO. The zero-order valence-corrected chi connectivity index (χ0v) is 12.1. The molecule has 0 radical (unpaired) electrons. The summed E-state index contributed by atoms with van der Waals surface area (Å²) in [5.74, 6) is 1.00. The van der Waals surface area contributed by atoms with E-state index >= 15 is 0 Å². The Morgan fingerprint density at radius 2 is 2.00 bits per heavy atom. The fourth-order valence-corrected chi connectivity index (χ4v) is 2.85. The third-order valence-corrected chi connectivity index (χ3v) is 4.17. The minimum Gasteiger partial charge on any atom is -0.496 e. The molecule has 0 amide bonds. The Bertz CT molecular complexity index is 414. The Morgan fingerprint density at radius 1 is 1.22 bits per heavy atom. The average molecular weight is 247 g/mol. The lowest BCUT2D eigenvalue weighted by Crippen LogP contribution is -2.36. The van der Waals surface area contributed by atoms with Crippen LogP contribution in [0.2, 0.25) is 0 Å². The summed E-state index contributed by atoms with van der Waals surface area (Å²) in [6.45, 7) is 8.99. The van der Waals surface area contributed by atoms with E-state index in [0.29, 0.717) is 0 Å². The van der Waals surface area contributed by atoms with E-state index in [1.807, 2.05) is 0 Å². The zero-order valence-electron chi connectivity index (χ0n) is 12.1. The van der Waals surface area contributed by atoms with E-state index in [0.717, 1.165) is 18.3 Å². The number of likely N-dealkylation sites (tertiary alicyclic amines) is 1. The summed E-state index contributed by atoms with van der Waals surface area (Å²) in [5.41, 5.74) is 4.03. The lowest BCUT2D eigenvalue weighted by Gasteiger charge is -2.33. The van der Waals surface area contributed by atoms with Gasteiger partial charge in [-0.2, -0.15) is 0 Å². The Morgan fingerprint density at radius 3 is 2.67 bits per heavy atom. The Balaban J connectivity index is 2.15. The van der Waals surface area contributed by atoms with Gasteiger partial charge >= 0.3 is 0 Å². The molecule has 1 aromatic carbocycles. The second-order valence-electron chi connectivity index (χ2n) is 5.56. The number of hydrogen-bond acceptors (Lipinski definition) is 2. The van der Waals surface area contributed by atoms with Crippen molar-refractivity contribution in [3.8, 4) is 5.75 Å². The molecular weight excluding hydrogens is 222 g/mol. The first-order chi connectivity index (χ1) is 8.61. The van der Waals surface area contributed by atoms with Gasteiger partial charge in [-0.05, 0) is 62.9 Å². The van der Waals surface area contributed by atoms with Crippen LogP contribution in [-0.2, 0) is 6.54 Å². The van der Waals surface area contributed by atoms with Crippen molar-refractivity contribution in [3.63, 3.8) is 0 Å². The van der Waals surface area contributed by atoms with Crippen LogP contribution in [0.25, 0.3) is 0 Å². The number of benzene rings is 1. The Kier molecular flexibility index (Phi) is 4.28. The summed E-state index contributed by atoms with van der Waals surface area (Å²) in [4.78, 5) is 2.61. The molecule has 2 heteroatoms. The van der Waals surface area contributed by atoms with Crippen molar-refractivity contribution in [3.05, 3.63) is 28.8 Å². The van der Waals surface area contributed by atoms with Crippen LogP contribution in [0.4, 0.5) is 0 Å². The third-order valence-electron chi connectivity index (χ3n) is 4.17. The van der Waals surface area contributed by atoms with Crippen molar-refractivity contribution in [1.29, 1.82) is 0 Å². The fraction of sp³-hybridized carbons (Fsp3) is 0.625. The van der Waals surface area contributed by atoms with Gasteiger partial charge in [0.25, 0.3) is 0 Å². The number of methoxy groups -OCH3 is 1. The van der Waals surface area contributed by atoms with Crippen LogP contribution in [0.1, 0.15) is 42.9 Å². The topological polar surface area (TPSA) is 12.5 Å². The van der Waals surface area contributed by atoms with E-state index in [4.69, 9.17) is 4.74 Å². The molecule has 0 unspecified atom stereocenters. The van der Waals surface area contributed by atoms with E-state index in [1.54, 1.807) is 7.11 Å². The first kappa shape index (κ1) is 13.4. The molecule has 1 aliphatic heterocycles. The quantitative estimate of drug-likeness (QED) is 0.807. The largest absolute Gasteiger partial charge is 0.496 e. The Hall–Kier alpha value is -1.02. The monoisotopic (exact) mass is 247 g/mol. The maximum Gasteiger partial charge on any atom is 0.122 e. The lowest BCUT2D eigenvalue weighted by atomic mass is 10.00. The standard InChI is InChI=1S/C16H25NO/c1-12-10-16(18-4)13(2)9-15(12)11-17-8-6-5-7-14(17)3/h9-10,14H,5-8,11H2,1-4H3/t14-/m0/s1. The summed E-state index contributed by atoms with van der Waals surface area (Å²) in [6.07, 6.45) is 4.07. The SMILES string of the molecule is COc1cc(C)c(CN2CCCC[C@@H]2C)cc1C. The summed E-state index contributed by atoms with van der Waals surface area (Å²) < 4.78 is 5.38. The van der Waals surface area contributed by atoms with Gasteiger partial charge in [0, 0.05) is 12.6 Å². The van der Waals surface area contributed by atoms with Gasteiger partial charge in [0.1, 0.15) is 5.75 Å². The predicted octanol–water partition coefficient (Wildman–Crippen LogP) is 3.69. The summed E-state index contributed by atoms with van der Waals surface area (Å²) in [6, 6.07) is 5.18. The third kappa shape index (κ3) is 2.86. The van der Waals surface area contributed by atoms with E-state index in [-0.39, 0.29) is 0 Å². The van der Waals surface area contributed by atoms with Gasteiger partial charge in [-0.25, -0.2) is 0 Å². The van der Waals surface area contributed by atoms with E-state index in [9.17, 15) is 0 Å². The number of hydrogen-bond donors (Lipinski definition) is 0. The highest BCUT2D eigenvalue weighted by atomic mass is 16.5. The molecule has 100 valence electrons. The van der Waals surface area contributed by atoms with E-state index in [2.05, 4.69) is 37.8 Å². The molecule has 1 aromatic rings. The highest BCUT2D eigenvalue weighted by Crippen LogP contribution is 2.25. The molecule has 1 fully saturated rings. The van der Waals surface area contributed by atoms with Crippen LogP contribution in [0.3, 0.4) is 0 Å². The zero-order chi connectivity index (χ0) is 13.1. The van der Waals surface area contributed by atoms with Crippen LogP contribution >= 0.6 is 0 Å². The van der Waals surface area contributed by atoms with Crippen LogP contribution < -0.4 is 4.74 Å². The number of piperidine rings is 1. The first-order valence-electron chi connectivity index (χ1n) is 7.00. The van der Waals surface area contributed by atoms with Gasteiger partial charge in [-0.3, -0.25) is 4.90 Å². The predicted molar refractivity (Wildman–Crippen MR) is 76.2 cm³/mol. The maximum atomic E-state index is 5.38. The molecule has 1 heterocycles. The van der Waals surface area contributed by atoms with Gasteiger partial charge < -0.3 is 4.74 Å². The van der Waals surface area contributed by atoms with Gasteiger partial charge in [0.2, 0.25) is 0 Å². The van der Waals surface area contributed by atoms with Gasteiger partial charge in [-0.1, -0.05) is 12.5 Å². The van der Waals surface area contributed by atoms with Crippen molar-refractivity contribution in [2.24, 2.45) is 0 Å². The number of nitrogens with zero attached hydrogens (tertiary/aromatic N) is 1. The maximum absolute atomic E-state index is 5.38. The molecule has 0 saturated carbocycles. The van der Waals surface area contributed by atoms with Crippen LogP contribution in [-0.4, -0.2) is 24.6 Å². The minimum absolute atomic E-state index is 0.723. The number of ether oxygens (including phenoxy) is 1. The molecule has 0 spiro atoms. The molecule has 0 aliphatic carbocycles. The normalized spacial score (nSPS) is 21.0. The molecule has 1 atom stereocenters. The molecule has 2 nitrogen and oxygen atoms in total. The second kappa shape index (κ2) is 5.75. The highest BCUT2D eigenvalue weighted by Gasteiger charge is 2.19. The smallest absolute Gasteiger partial charge is 0.122 e.